The first-order valence-electron chi connectivity index (χ1n) is 8.34. The second-order valence-electron chi connectivity index (χ2n) is 5.94. The van der Waals surface area contributed by atoms with E-state index in [-0.39, 0.29) is 11.7 Å². The van der Waals surface area contributed by atoms with Crippen LogP contribution in [0.4, 0.5) is 28.7 Å². The molecule has 0 bridgehead atoms. The molecule has 3 aromatic rings. The first-order chi connectivity index (χ1) is 13.0. The molecule has 0 atom stereocenters. The smallest absolute Gasteiger partial charge is 0.221 e. The zero-order valence-electron chi connectivity index (χ0n) is 15.0. The van der Waals surface area contributed by atoms with Gasteiger partial charge in [-0.05, 0) is 37.3 Å². The monoisotopic (exact) mass is 361 g/mol. The van der Waals surface area contributed by atoms with Gasteiger partial charge in [-0.25, -0.2) is 9.97 Å². The van der Waals surface area contributed by atoms with Crippen molar-refractivity contribution < 1.29 is 9.59 Å². The zero-order valence-corrected chi connectivity index (χ0v) is 15.0. The van der Waals surface area contributed by atoms with Crippen molar-refractivity contribution in [2.75, 3.05) is 16.0 Å². The maximum atomic E-state index is 11.5. The van der Waals surface area contributed by atoms with Crippen LogP contribution in [0.1, 0.15) is 24.2 Å². The summed E-state index contributed by atoms with van der Waals surface area (Å²) >= 11 is 0. The highest BCUT2D eigenvalue weighted by Gasteiger charge is 2.04. The van der Waals surface area contributed by atoms with Gasteiger partial charge in [0.1, 0.15) is 18.0 Å². The predicted molar refractivity (Wildman–Crippen MR) is 106 cm³/mol. The number of carbonyl (C=O) groups excluding carboxylic acids is 2. The molecule has 7 nitrogen and oxygen atoms in total. The van der Waals surface area contributed by atoms with Gasteiger partial charge in [0, 0.05) is 35.6 Å². The van der Waals surface area contributed by atoms with E-state index < -0.39 is 0 Å². The molecule has 1 amide bonds. The molecule has 1 heterocycles. The molecule has 2 aromatic carbocycles. The van der Waals surface area contributed by atoms with Crippen LogP contribution in [0.3, 0.4) is 0 Å². The average molecular weight is 361 g/mol. The molecule has 0 radical (unpaired) electrons. The molecule has 0 spiro atoms. The van der Waals surface area contributed by atoms with Crippen LogP contribution < -0.4 is 16.0 Å². The molecular weight excluding hydrogens is 342 g/mol. The molecule has 1 aromatic heterocycles. The summed E-state index contributed by atoms with van der Waals surface area (Å²) in [6, 6.07) is 16.3. The third-order valence-corrected chi connectivity index (χ3v) is 3.66. The molecule has 0 unspecified atom stereocenters. The third kappa shape index (κ3) is 5.12. The van der Waals surface area contributed by atoms with Gasteiger partial charge in [-0.1, -0.05) is 18.2 Å². The molecular formula is C20H19N5O2. The lowest BCUT2D eigenvalue weighted by atomic mass is 10.1. The fourth-order valence-corrected chi connectivity index (χ4v) is 2.48. The van der Waals surface area contributed by atoms with Gasteiger partial charge < -0.3 is 16.0 Å². The Kier molecular flexibility index (Phi) is 5.41. The summed E-state index contributed by atoms with van der Waals surface area (Å²) in [6.07, 6.45) is 1.44. The van der Waals surface area contributed by atoms with Crippen molar-refractivity contribution in [1.82, 2.24) is 9.97 Å². The Bertz CT molecular complexity index is 987. The van der Waals surface area contributed by atoms with E-state index >= 15 is 0 Å². The van der Waals surface area contributed by atoms with Crippen molar-refractivity contribution in [3.8, 4) is 0 Å². The van der Waals surface area contributed by atoms with Gasteiger partial charge in [0.25, 0.3) is 0 Å². The topological polar surface area (TPSA) is 96.0 Å². The summed E-state index contributed by atoms with van der Waals surface area (Å²) in [5, 5.41) is 9.08. The number of rotatable bonds is 6. The number of anilines is 5. The fourth-order valence-electron chi connectivity index (χ4n) is 2.48. The second kappa shape index (κ2) is 8.09. The summed E-state index contributed by atoms with van der Waals surface area (Å²) in [4.78, 5) is 31.1. The van der Waals surface area contributed by atoms with Crippen LogP contribution >= 0.6 is 0 Å². The predicted octanol–water partition coefficient (Wildman–Crippen LogP) is 4.12. The molecule has 136 valence electrons. The van der Waals surface area contributed by atoms with E-state index in [1.54, 1.807) is 18.2 Å². The van der Waals surface area contributed by atoms with E-state index in [1.165, 1.54) is 20.2 Å². The molecule has 0 aliphatic carbocycles. The van der Waals surface area contributed by atoms with Crippen LogP contribution in [0, 0.1) is 0 Å². The summed E-state index contributed by atoms with van der Waals surface area (Å²) in [7, 11) is 0. The van der Waals surface area contributed by atoms with Crippen LogP contribution in [0.5, 0.6) is 0 Å². The maximum absolute atomic E-state index is 11.5. The Hall–Kier alpha value is -3.74. The van der Waals surface area contributed by atoms with E-state index in [2.05, 4.69) is 25.9 Å². The number of benzene rings is 2. The zero-order chi connectivity index (χ0) is 19.2. The Morgan fingerprint density at radius 1 is 0.778 bits per heavy atom. The molecule has 3 N–H and O–H groups in total. The molecule has 0 saturated heterocycles. The number of amides is 1. The Morgan fingerprint density at radius 2 is 1.37 bits per heavy atom. The van der Waals surface area contributed by atoms with Crippen LogP contribution in [0.25, 0.3) is 0 Å². The Morgan fingerprint density at radius 3 is 2.00 bits per heavy atom. The number of hydrogen-bond donors (Lipinski definition) is 3. The maximum Gasteiger partial charge on any atom is 0.221 e. The first-order valence-corrected chi connectivity index (χ1v) is 8.34. The van der Waals surface area contributed by atoms with Crippen molar-refractivity contribution >= 4 is 40.4 Å². The Balaban J connectivity index is 1.75. The first kappa shape index (κ1) is 18.1. The second-order valence-corrected chi connectivity index (χ2v) is 5.94. The summed E-state index contributed by atoms with van der Waals surface area (Å²) in [6.45, 7) is 2.99. The van der Waals surface area contributed by atoms with E-state index in [0.717, 1.165) is 11.4 Å². The standard InChI is InChI=1S/C20H19N5O2/c1-13(26)15-5-3-6-16(9-15)24-19-11-20(22-12-21-19)25-18-8-4-7-17(10-18)23-14(2)27/h3-12H,1-2H3,(H,23,27)(H2,21,22,24,25). The van der Waals surface area contributed by atoms with Crippen molar-refractivity contribution in [3.63, 3.8) is 0 Å². The minimum absolute atomic E-state index is 0.00254. The number of nitrogens with one attached hydrogen (secondary N) is 3. The highest BCUT2D eigenvalue weighted by Crippen LogP contribution is 2.22. The van der Waals surface area contributed by atoms with Crippen LogP contribution in [0.2, 0.25) is 0 Å². The van der Waals surface area contributed by atoms with Gasteiger partial charge in [-0.2, -0.15) is 0 Å². The number of Topliss-reactive ketones (excluding diaryl/α,β-unsaturated/α-hetero) is 1. The number of hydrogen-bond acceptors (Lipinski definition) is 6. The molecule has 0 aliphatic rings. The van der Waals surface area contributed by atoms with E-state index in [0.29, 0.717) is 22.9 Å². The largest absolute Gasteiger partial charge is 0.340 e. The normalized spacial score (nSPS) is 10.1. The van der Waals surface area contributed by atoms with E-state index in [1.807, 2.05) is 36.4 Å². The van der Waals surface area contributed by atoms with Crippen LogP contribution in [-0.2, 0) is 4.79 Å². The van der Waals surface area contributed by atoms with E-state index in [4.69, 9.17) is 0 Å². The van der Waals surface area contributed by atoms with Crippen molar-refractivity contribution in [3.05, 3.63) is 66.5 Å². The van der Waals surface area contributed by atoms with Crippen molar-refractivity contribution in [1.29, 1.82) is 0 Å². The minimum Gasteiger partial charge on any atom is -0.340 e. The van der Waals surface area contributed by atoms with Gasteiger partial charge in [-0.3, -0.25) is 9.59 Å². The highest BCUT2D eigenvalue weighted by atomic mass is 16.1. The lowest BCUT2D eigenvalue weighted by Crippen LogP contribution is -2.06. The summed E-state index contributed by atoms with van der Waals surface area (Å²) in [5.74, 6) is 1.05. The number of nitrogens with zero attached hydrogens (tertiary/aromatic N) is 2. The fraction of sp³-hybridized carbons (Fsp3) is 0.100. The molecule has 0 fully saturated rings. The van der Waals surface area contributed by atoms with Crippen molar-refractivity contribution in [2.45, 2.75) is 13.8 Å². The van der Waals surface area contributed by atoms with Gasteiger partial charge in [0.2, 0.25) is 5.91 Å². The molecule has 0 saturated carbocycles. The summed E-state index contributed by atoms with van der Waals surface area (Å²) < 4.78 is 0. The molecule has 7 heteroatoms. The SMILES string of the molecule is CC(=O)Nc1cccc(Nc2cc(Nc3cccc(C(C)=O)c3)ncn2)c1. The van der Waals surface area contributed by atoms with E-state index in [9.17, 15) is 9.59 Å². The molecule has 27 heavy (non-hydrogen) atoms. The Labute approximate surface area is 156 Å². The van der Waals surface area contributed by atoms with Crippen molar-refractivity contribution in [2.24, 2.45) is 0 Å². The number of aromatic nitrogens is 2. The number of carbonyl (C=O) groups is 2. The summed E-state index contributed by atoms with van der Waals surface area (Å²) in [5.41, 5.74) is 2.87. The average Bonchev–Trinajstić information content (AvgIpc) is 2.62. The molecule has 0 aliphatic heterocycles. The van der Waals surface area contributed by atoms with Gasteiger partial charge in [-0.15, -0.1) is 0 Å². The lowest BCUT2D eigenvalue weighted by Gasteiger charge is -2.10. The number of ketones is 1. The van der Waals surface area contributed by atoms with Crippen LogP contribution in [0.15, 0.2) is 60.9 Å². The highest BCUT2D eigenvalue weighted by molar-refractivity contribution is 5.95. The van der Waals surface area contributed by atoms with Gasteiger partial charge >= 0.3 is 0 Å². The van der Waals surface area contributed by atoms with Gasteiger partial charge in [0.05, 0.1) is 0 Å². The lowest BCUT2D eigenvalue weighted by molar-refractivity contribution is -0.114. The molecule has 3 rings (SSSR count). The third-order valence-electron chi connectivity index (χ3n) is 3.66. The van der Waals surface area contributed by atoms with Crippen LogP contribution in [-0.4, -0.2) is 21.7 Å². The quantitative estimate of drug-likeness (QED) is 0.572. The van der Waals surface area contributed by atoms with Gasteiger partial charge in [0.15, 0.2) is 5.78 Å². The minimum atomic E-state index is -0.131.